The highest BCUT2D eigenvalue weighted by Gasteiger charge is 2.28. The van der Waals surface area contributed by atoms with Crippen LogP contribution in [0.5, 0.6) is 0 Å². The number of likely N-dealkylation sites (tertiary alicyclic amines) is 1. The molecule has 6 nitrogen and oxygen atoms in total. The number of carbonyl (C=O) groups excluding carboxylic acids is 1. The molecule has 0 atom stereocenters. The van der Waals surface area contributed by atoms with E-state index in [1.54, 1.807) is 4.90 Å². The van der Waals surface area contributed by atoms with Gasteiger partial charge in [0.2, 0.25) is 0 Å². The maximum Gasteiger partial charge on any atom is 0.276 e. The van der Waals surface area contributed by atoms with Gasteiger partial charge in [0.05, 0.1) is 11.4 Å². The number of nitrogen functional groups attached to an aromatic ring is 1. The van der Waals surface area contributed by atoms with E-state index in [1.165, 1.54) is 0 Å². The number of carbonyl (C=O) groups is 1. The van der Waals surface area contributed by atoms with Crippen LogP contribution >= 0.6 is 0 Å². The topological polar surface area (TPSA) is 78.2 Å². The molecule has 1 aliphatic rings. The average Bonchev–Trinajstić information content (AvgIpc) is 2.86. The highest BCUT2D eigenvalue weighted by Crippen LogP contribution is 2.20. The summed E-state index contributed by atoms with van der Waals surface area (Å²) in [5.41, 5.74) is 7.67. The molecule has 0 radical (unpaired) electrons. The van der Waals surface area contributed by atoms with Gasteiger partial charge in [0.15, 0.2) is 5.69 Å². The van der Waals surface area contributed by atoms with Gasteiger partial charge in [-0.3, -0.25) is 9.89 Å². The Morgan fingerprint density at radius 3 is 2.60 bits per heavy atom. The number of rotatable bonds is 4. The number of anilines is 1. The first-order valence-electron chi connectivity index (χ1n) is 7.40. The number of nitrogens with two attached hydrogens (primary N) is 1. The molecular weight excluding hydrogens is 254 g/mol. The molecule has 1 saturated heterocycles. The summed E-state index contributed by atoms with van der Waals surface area (Å²) in [5, 5.41) is 6.93. The Hall–Kier alpha value is -1.56. The van der Waals surface area contributed by atoms with Crippen molar-refractivity contribution in [2.24, 2.45) is 0 Å². The van der Waals surface area contributed by atoms with Crippen molar-refractivity contribution in [3.05, 3.63) is 11.4 Å². The molecule has 0 aliphatic carbocycles. The van der Waals surface area contributed by atoms with Gasteiger partial charge < -0.3 is 15.5 Å². The quantitative estimate of drug-likeness (QED) is 0.865. The number of aryl methyl sites for hydroxylation is 1. The monoisotopic (exact) mass is 279 g/mol. The van der Waals surface area contributed by atoms with Gasteiger partial charge >= 0.3 is 0 Å². The molecule has 0 aromatic carbocycles. The molecule has 1 fully saturated rings. The van der Waals surface area contributed by atoms with Crippen molar-refractivity contribution in [2.45, 2.75) is 39.2 Å². The highest BCUT2D eigenvalue weighted by molar-refractivity contribution is 5.97. The van der Waals surface area contributed by atoms with E-state index in [1.807, 2.05) is 14.0 Å². The SMILES string of the molecule is CCc1[nH]nc(C(=O)N(C)C2CCN(CC)CC2)c1N. The molecular formula is C14H25N5O. The first kappa shape index (κ1) is 14.8. The number of aromatic amines is 1. The van der Waals surface area contributed by atoms with Crippen molar-refractivity contribution in [2.75, 3.05) is 32.4 Å². The number of nitrogens with one attached hydrogen (secondary N) is 1. The Kier molecular flexibility index (Phi) is 4.65. The zero-order valence-corrected chi connectivity index (χ0v) is 12.6. The molecule has 1 aromatic heterocycles. The third kappa shape index (κ3) is 2.80. The van der Waals surface area contributed by atoms with Crippen LogP contribution in [-0.2, 0) is 6.42 Å². The molecule has 112 valence electrons. The molecule has 2 rings (SSSR count). The Labute approximate surface area is 120 Å². The van der Waals surface area contributed by atoms with E-state index >= 15 is 0 Å². The Bertz CT molecular complexity index is 462. The van der Waals surface area contributed by atoms with E-state index in [9.17, 15) is 4.79 Å². The Morgan fingerprint density at radius 2 is 2.10 bits per heavy atom. The van der Waals surface area contributed by atoms with Gasteiger partial charge in [-0.15, -0.1) is 0 Å². The van der Waals surface area contributed by atoms with Crippen LogP contribution in [0.4, 0.5) is 5.69 Å². The number of amides is 1. The predicted octanol–water partition coefficient (Wildman–Crippen LogP) is 1.11. The Balaban J connectivity index is 2.03. The van der Waals surface area contributed by atoms with E-state index in [0.29, 0.717) is 11.4 Å². The van der Waals surface area contributed by atoms with Gasteiger partial charge in [-0.05, 0) is 25.8 Å². The summed E-state index contributed by atoms with van der Waals surface area (Å²) < 4.78 is 0. The fourth-order valence-corrected chi connectivity index (χ4v) is 2.78. The van der Waals surface area contributed by atoms with E-state index in [-0.39, 0.29) is 11.9 Å². The van der Waals surface area contributed by atoms with Gasteiger partial charge in [-0.1, -0.05) is 13.8 Å². The van der Waals surface area contributed by atoms with Crippen LogP contribution in [0.25, 0.3) is 0 Å². The van der Waals surface area contributed by atoms with Crippen LogP contribution in [0.15, 0.2) is 0 Å². The average molecular weight is 279 g/mol. The maximum absolute atomic E-state index is 12.5. The summed E-state index contributed by atoms with van der Waals surface area (Å²) in [6.45, 7) is 7.34. The molecule has 6 heteroatoms. The third-order valence-corrected chi connectivity index (χ3v) is 4.31. The number of nitrogens with zero attached hydrogens (tertiary/aromatic N) is 3. The second-order valence-electron chi connectivity index (χ2n) is 5.40. The molecule has 0 bridgehead atoms. The second-order valence-corrected chi connectivity index (χ2v) is 5.40. The molecule has 0 spiro atoms. The minimum atomic E-state index is -0.0756. The lowest BCUT2D eigenvalue weighted by Gasteiger charge is -2.36. The van der Waals surface area contributed by atoms with Gasteiger partial charge in [0.1, 0.15) is 0 Å². The standard InChI is InChI=1S/C14H25N5O/c1-4-11-12(15)13(17-16-11)14(20)18(3)10-6-8-19(5-2)9-7-10/h10H,4-9,15H2,1-3H3,(H,16,17). The van der Waals surface area contributed by atoms with E-state index in [2.05, 4.69) is 22.0 Å². The van der Waals surface area contributed by atoms with E-state index in [4.69, 9.17) is 5.73 Å². The van der Waals surface area contributed by atoms with E-state index < -0.39 is 0 Å². The second kappa shape index (κ2) is 6.26. The number of hydrogen-bond donors (Lipinski definition) is 2. The van der Waals surface area contributed by atoms with Crippen LogP contribution < -0.4 is 5.73 Å². The molecule has 0 saturated carbocycles. The molecule has 20 heavy (non-hydrogen) atoms. The predicted molar refractivity (Wildman–Crippen MR) is 79.6 cm³/mol. The van der Waals surface area contributed by atoms with Crippen molar-refractivity contribution in [3.8, 4) is 0 Å². The minimum absolute atomic E-state index is 0.0756. The fourth-order valence-electron chi connectivity index (χ4n) is 2.78. The minimum Gasteiger partial charge on any atom is -0.395 e. The third-order valence-electron chi connectivity index (χ3n) is 4.31. The van der Waals surface area contributed by atoms with E-state index in [0.717, 1.165) is 44.6 Å². The lowest BCUT2D eigenvalue weighted by Crippen LogP contribution is -2.45. The van der Waals surface area contributed by atoms with Crippen molar-refractivity contribution in [1.29, 1.82) is 0 Å². The van der Waals surface area contributed by atoms with Crippen LogP contribution in [0.1, 0.15) is 42.9 Å². The number of H-pyrrole nitrogens is 1. The summed E-state index contributed by atoms with van der Waals surface area (Å²) in [6.07, 6.45) is 2.78. The van der Waals surface area contributed by atoms with Gasteiger partial charge in [-0.2, -0.15) is 5.10 Å². The number of aromatic nitrogens is 2. The number of hydrogen-bond acceptors (Lipinski definition) is 4. The van der Waals surface area contributed by atoms with Gasteiger partial charge in [0, 0.05) is 26.2 Å². The summed E-state index contributed by atoms with van der Waals surface area (Å²) in [7, 11) is 1.86. The van der Waals surface area contributed by atoms with Crippen LogP contribution in [-0.4, -0.2) is 58.6 Å². The maximum atomic E-state index is 12.5. The molecule has 1 aromatic rings. The summed E-state index contributed by atoms with van der Waals surface area (Å²) in [5.74, 6) is -0.0756. The van der Waals surface area contributed by atoms with Crippen molar-refractivity contribution < 1.29 is 4.79 Å². The summed E-state index contributed by atoms with van der Waals surface area (Å²) in [6, 6.07) is 0.284. The van der Waals surface area contributed by atoms with Crippen molar-refractivity contribution in [3.63, 3.8) is 0 Å². The smallest absolute Gasteiger partial charge is 0.276 e. The van der Waals surface area contributed by atoms with Crippen molar-refractivity contribution in [1.82, 2.24) is 20.0 Å². The van der Waals surface area contributed by atoms with Gasteiger partial charge in [-0.25, -0.2) is 0 Å². The van der Waals surface area contributed by atoms with Crippen molar-refractivity contribution >= 4 is 11.6 Å². The van der Waals surface area contributed by atoms with Crippen LogP contribution in [0.2, 0.25) is 0 Å². The molecule has 3 N–H and O–H groups in total. The normalized spacial score (nSPS) is 17.4. The highest BCUT2D eigenvalue weighted by atomic mass is 16.2. The van der Waals surface area contributed by atoms with Crippen LogP contribution in [0.3, 0.4) is 0 Å². The summed E-state index contributed by atoms with van der Waals surface area (Å²) in [4.78, 5) is 16.7. The number of piperidine rings is 1. The summed E-state index contributed by atoms with van der Waals surface area (Å²) >= 11 is 0. The van der Waals surface area contributed by atoms with Gasteiger partial charge in [0.25, 0.3) is 5.91 Å². The first-order chi connectivity index (χ1) is 9.58. The zero-order valence-electron chi connectivity index (χ0n) is 12.6. The zero-order chi connectivity index (χ0) is 14.7. The molecule has 2 heterocycles. The Morgan fingerprint density at radius 1 is 1.45 bits per heavy atom. The fraction of sp³-hybridized carbons (Fsp3) is 0.714. The largest absolute Gasteiger partial charge is 0.395 e. The first-order valence-corrected chi connectivity index (χ1v) is 7.40. The molecule has 0 unspecified atom stereocenters. The molecule has 1 amide bonds. The lowest BCUT2D eigenvalue weighted by molar-refractivity contribution is 0.0642. The molecule has 1 aliphatic heterocycles. The van der Waals surface area contributed by atoms with Crippen LogP contribution in [0, 0.1) is 0 Å². The lowest BCUT2D eigenvalue weighted by atomic mass is 10.0.